The molecule has 4 heteroatoms. The third-order valence-electron chi connectivity index (χ3n) is 2.06. The summed E-state index contributed by atoms with van der Waals surface area (Å²) in [5.74, 6) is -0.280. The molecule has 0 saturated heterocycles. The molecule has 0 aliphatic heterocycles. The first kappa shape index (κ1) is 9.58. The Balaban J connectivity index is 2.26. The number of benzene rings is 1. The Morgan fingerprint density at radius 3 is 2.60 bits per heavy atom. The van der Waals surface area contributed by atoms with Crippen LogP contribution in [0.1, 0.15) is 5.56 Å². The molecule has 2 aromatic rings. The van der Waals surface area contributed by atoms with Crippen LogP contribution < -0.4 is 5.56 Å². The van der Waals surface area contributed by atoms with Gasteiger partial charge in [-0.2, -0.15) is 0 Å². The van der Waals surface area contributed by atoms with Gasteiger partial charge in [0.05, 0.1) is 12.9 Å². The molecule has 1 aromatic carbocycles. The average Bonchev–Trinajstić information content (AvgIpc) is 2.25. The van der Waals surface area contributed by atoms with Crippen LogP contribution in [0.5, 0.6) is 0 Å². The fourth-order valence-corrected chi connectivity index (χ4v) is 1.28. The van der Waals surface area contributed by atoms with Crippen molar-refractivity contribution in [3.05, 3.63) is 64.6 Å². The van der Waals surface area contributed by atoms with Crippen molar-refractivity contribution in [2.75, 3.05) is 0 Å². The Morgan fingerprint density at radius 2 is 1.93 bits per heavy atom. The van der Waals surface area contributed by atoms with Crippen molar-refractivity contribution in [2.45, 2.75) is 6.54 Å². The Labute approximate surface area is 85.8 Å². The van der Waals surface area contributed by atoms with E-state index in [1.165, 1.54) is 35.3 Å². The van der Waals surface area contributed by atoms with Crippen molar-refractivity contribution in [1.82, 2.24) is 9.55 Å². The summed E-state index contributed by atoms with van der Waals surface area (Å²) < 4.78 is 14.1. The molecular weight excluding hydrogens is 195 g/mol. The minimum Gasteiger partial charge on any atom is -0.295 e. The zero-order valence-corrected chi connectivity index (χ0v) is 7.93. The summed E-state index contributed by atoms with van der Waals surface area (Å²) in [7, 11) is 0. The lowest BCUT2D eigenvalue weighted by Crippen LogP contribution is -2.19. The van der Waals surface area contributed by atoms with Crippen LogP contribution >= 0.6 is 0 Å². The maximum Gasteiger partial charge on any atom is 0.253 e. The number of rotatable bonds is 2. The summed E-state index contributed by atoms with van der Waals surface area (Å²) in [6.45, 7) is 0.410. The van der Waals surface area contributed by atoms with Gasteiger partial charge in [-0.15, -0.1) is 0 Å². The van der Waals surface area contributed by atoms with Gasteiger partial charge in [-0.1, -0.05) is 12.1 Å². The van der Waals surface area contributed by atoms with E-state index in [1.807, 2.05) is 0 Å². The molecule has 0 bridgehead atoms. The maximum atomic E-state index is 12.6. The standard InChI is InChI=1S/C11H9FN2O/c12-10-3-1-9(2-4-10)7-14-8-13-6-5-11(14)15/h1-6,8H,7H2. The summed E-state index contributed by atoms with van der Waals surface area (Å²) in [6, 6.07) is 7.43. The second kappa shape index (κ2) is 4.04. The van der Waals surface area contributed by atoms with Gasteiger partial charge in [-0.05, 0) is 17.7 Å². The van der Waals surface area contributed by atoms with E-state index in [4.69, 9.17) is 0 Å². The minimum atomic E-state index is -0.280. The molecular formula is C11H9FN2O. The lowest BCUT2D eigenvalue weighted by Gasteiger charge is -2.03. The number of hydrogen-bond acceptors (Lipinski definition) is 2. The van der Waals surface area contributed by atoms with E-state index in [-0.39, 0.29) is 11.4 Å². The first-order valence-electron chi connectivity index (χ1n) is 4.50. The number of nitrogens with zero attached hydrogens (tertiary/aromatic N) is 2. The summed E-state index contributed by atoms with van der Waals surface area (Å²) >= 11 is 0. The highest BCUT2D eigenvalue weighted by atomic mass is 19.1. The topological polar surface area (TPSA) is 34.9 Å². The number of hydrogen-bond donors (Lipinski definition) is 0. The number of halogens is 1. The van der Waals surface area contributed by atoms with Gasteiger partial charge in [0, 0.05) is 12.3 Å². The van der Waals surface area contributed by atoms with Crippen LogP contribution in [0, 0.1) is 5.82 Å². The lowest BCUT2D eigenvalue weighted by atomic mass is 10.2. The molecule has 0 spiro atoms. The highest BCUT2D eigenvalue weighted by Gasteiger charge is 1.97. The molecule has 15 heavy (non-hydrogen) atoms. The molecule has 0 radical (unpaired) electrons. The maximum absolute atomic E-state index is 12.6. The van der Waals surface area contributed by atoms with Crippen LogP contribution in [0.2, 0.25) is 0 Å². The van der Waals surface area contributed by atoms with E-state index in [2.05, 4.69) is 4.98 Å². The molecule has 0 amide bonds. The molecule has 0 aliphatic rings. The van der Waals surface area contributed by atoms with Gasteiger partial charge in [-0.3, -0.25) is 9.36 Å². The van der Waals surface area contributed by atoms with E-state index < -0.39 is 0 Å². The van der Waals surface area contributed by atoms with Crippen molar-refractivity contribution in [1.29, 1.82) is 0 Å². The van der Waals surface area contributed by atoms with E-state index in [9.17, 15) is 9.18 Å². The molecule has 76 valence electrons. The fourth-order valence-electron chi connectivity index (χ4n) is 1.28. The summed E-state index contributed by atoms with van der Waals surface area (Å²) in [4.78, 5) is 15.2. The average molecular weight is 204 g/mol. The molecule has 1 aromatic heterocycles. The molecule has 0 aliphatic carbocycles. The van der Waals surface area contributed by atoms with Gasteiger partial charge in [0.15, 0.2) is 0 Å². The molecule has 3 nitrogen and oxygen atoms in total. The van der Waals surface area contributed by atoms with E-state index in [1.54, 1.807) is 12.1 Å². The van der Waals surface area contributed by atoms with Crippen molar-refractivity contribution in [3.63, 3.8) is 0 Å². The van der Waals surface area contributed by atoms with Crippen molar-refractivity contribution in [3.8, 4) is 0 Å². The second-order valence-electron chi connectivity index (χ2n) is 3.17. The van der Waals surface area contributed by atoms with Crippen LogP contribution in [0.15, 0.2) is 47.7 Å². The Bertz CT molecular complexity index is 504. The van der Waals surface area contributed by atoms with E-state index >= 15 is 0 Å². The molecule has 0 N–H and O–H groups in total. The fraction of sp³-hybridized carbons (Fsp3) is 0.0909. The Morgan fingerprint density at radius 1 is 1.20 bits per heavy atom. The molecule has 2 rings (SSSR count). The zero-order chi connectivity index (χ0) is 10.7. The molecule has 0 unspecified atom stereocenters. The normalized spacial score (nSPS) is 10.2. The van der Waals surface area contributed by atoms with E-state index in [0.717, 1.165) is 5.56 Å². The predicted octanol–water partition coefficient (Wildman–Crippen LogP) is 1.43. The van der Waals surface area contributed by atoms with Crippen LogP contribution in [-0.2, 0) is 6.54 Å². The quantitative estimate of drug-likeness (QED) is 0.741. The minimum absolute atomic E-state index is 0.116. The first-order valence-corrected chi connectivity index (χ1v) is 4.50. The summed E-state index contributed by atoms with van der Waals surface area (Å²) in [6.07, 6.45) is 2.91. The Kier molecular flexibility index (Phi) is 2.58. The molecule has 1 heterocycles. The number of aromatic nitrogens is 2. The van der Waals surface area contributed by atoms with Crippen LogP contribution in [0.3, 0.4) is 0 Å². The van der Waals surface area contributed by atoms with Crippen LogP contribution in [0.25, 0.3) is 0 Å². The monoisotopic (exact) mass is 204 g/mol. The van der Waals surface area contributed by atoms with Crippen LogP contribution in [0.4, 0.5) is 4.39 Å². The van der Waals surface area contributed by atoms with Crippen LogP contribution in [-0.4, -0.2) is 9.55 Å². The molecule has 0 saturated carbocycles. The molecule has 0 fully saturated rings. The van der Waals surface area contributed by atoms with Crippen molar-refractivity contribution >= 4 is 0 Å². The van der Waals surface area contributed by atoms with Gasteiger partial charge >= 0.3 is 0 Å². The van der Waals surface area contributed by atoms with E-state index in [0.29, 0.717) is 6.54 Å². The van der Waals surface area contributed by atoms with Crippen molar-refractivity contribution < 1.29 is 4.39 Å². The SMILES string of the molecule is O=c1ccncn1Cc1ccc(F)cc1. The largest absolute Gasteiger partial charge is 0.295 e. The first-order chi connectivity index (χ1) is 7.25. The third kappa shape index (κ3) is 2.28. The van der Waals surface area contributed by atoms with Gasteiger partial charge in [0.25, 0.3) is 5.56 Å². The highest BCUT2D eigenvalue weighted by Crippen LogP contribution is 2.03. The zero-order valence-electron chi connectivity index (χ0n) is 7.93. The van der Waals surface area contributed by atoms with Gasteiger partial charge in [0.1, 0.15) is 5.82 Å². The van der Waals surface area contributed by atoms with Crippen molar-refractivity contribution in [2.24, 2.45) is 0 Å². The summed E-state index contributed by atoms with van der Waals surface area (Å²) in [5, 5.41) is 0. The second-order valence-corrected chi connectivity index (χ2v) is 3.17. The predicted molar refractivity (Wildman–Crippen MR) is 54.0 cm³/mol. The third-order valence-corrected chi connectivity index (χ3v) is 2.06. The highest BCUT2D eigenvalue weighted by molar-refractivity contribution is 5.16. The smallest absolute Gasteiger partial charge is 0.253 e. The van der Waals surface area contributed by atoms with Gasteiger partial charge in [0.2, 0.25) is 0 Å². The van der Waals surface area contributed by atoms with Gasteiger partial charge in [-0.25, -0.2) is 9.37 Å². The lowest BCUT2D eigenvalue weighted by molar-refractivity contribution is 0.625. The Hall–Kier alpha value is -1.97. The molecule has 0 atom stereocenters. The summed E-state index contributed by atoms with van der Waals surface area (Å²) in [5.41, 5.74) is 0.751. The van der Waals surface area contributed by atoms with Gasteiger partial charge < -0.3 is 0 Å².